The lowest BCUT2D eigenvalue weighted by atomic mass is 10.2. The molecule has 0 radical (unpaired) electrons. The third kappa shape index (κ3) is 4.14. The Labute approximate surface area is 141 Å². The Hall–Kier alpha value is -3.26. The number of amides is 2. The van der Waals surface area contributed by atoms with Gasteiger partial charge in [-0.2, -0.15) is 0 Å². The predicted octanol–water partition coefficient (Wildman–Crippen LogP) is 2.38. The quantitative estimate of drug-likeness (QED) is 0.699. The summed E-state index contributed by atoms with van der Waals surface area (Å²) < 4.78 is 1.35. The Bertz CT molecular complexity index is 839. The maximum atomic E-state index is 12.0. The van der Waals surface area contributed by atoms with E-state index in [1.54, 1.807) is 41.7 Å². The lowest BCUT2D eigenvalue weighted by Crippen LogP contribution is -2.21. The number of rotatable bonds is 5. The van der Waals surface area contributed by atoms with Crippen molar-refractivity contribution in [2.24, 2.45) is 0 Å². The van der Waals surface area contributed by atoms with Gasteiger partial charge in [0.05, 0.1) is 0 Å². The van der Waals surface area contributed by atoms with Crippen LogP contribution in [0.15, 0.2) is 60.5 Å². The molecular formula is C16H13N5O2S. The minimum Gasteiger partial charge on any atom is -0.323 e. The molecule has 7 nitrogen and oxygen atoms in total. The maximum Gasteiger partial charge on any atom is 0.270 e. The van der Waals surface area contributed by atoms with Gasteiger partial charge in [-0.15, -0.1) is 21.5 Å². The van der Waals surface area contributed by atoms with Crippen LogP contribution in [0.25, 0.3) is 6.08 Å². The lowest BCUT2D eigenvalue weighted by molar-refractivity contribution is -0.111. The highest BCUT2D eigenvalue weighted by molar-refractivity contribution is 7.10. The van der Waals surface area contributed by atoms with Crippen LogP contribution in [0.4, 0.5) is 5.69 Å². The highest BCUT2D eigenvalue weighted by atomic mass is 32.1. The summed E-state index contributed by atoms with van der Waals surface area (Å²) >= 11 is 1.56. The first-order valence-electron chi connectivity index (χ1n) is 6.99. The zero-order valence-electron chi connectivity index (χ0n) is 12.4. The molecule has 2 heterocycles. The number of aromatic nitrogens is 3. The van der Waals surface area contributed by atoms with Crippen molar-refractivity contribution in [1.82, 2.24) is 14.9 Å². The fourth-order valence-electron chi connectivity index (χ4n) is 1.87. The second-order valence-electron chi connectivity index (χ2n) is 4.73. The molecule has 2 amide bonds. The van der Waals surface area contributed by atoms with E-state index in [1.807, 2.05) is 17.5 Å². The molecule has 120 valence electrons. The molecule has 0 saturated heterocycles. The summed E-state index contributed by atoms with van der Waals surface area (Å²) in [7, 11) is 0. The summed E-state index contributed by atoms with van der Waals surface area (Å²) in [6, 6.07) is 10.4. The molecule has 0 saturated carbocycles. The van der Waals surface area contributed by atoms with Gasteiger partial charge in [0.1, 0.15) is 12.7 Å². The molecule has 0 fully saturated rings. The van der Waals surface area contributed by atoms with Crippen LogP contribution < -0.4 is 10.7 Å². The summed E-state index contributed by atoms with van der Waals surface area (Å²) in [4.78, 5) is 24.8. The first-order valence-corrected chi connectivity index (χ1v) is 7.87. The number of carbonyl (C=O) groups is 2. The van der Waals surface area contributed by atoms with Crippen molar-refractivity contribution < 1.29 is 9.59 Å². The van der Waals surface area contributed by atoms with Crippen molar-refractivity contribution in [3.63, 3.8) is 0 Å². The Kier molecular flexibility index (Phi) is 4.78. The number of nitrogens with one attached hydrogen (secondary N) is 2. The zero-order chi connectivity index (χ0) is 16.8. The molecule has 2 N–H and O–H groups in total. The molecule has 3 aromatic rings. The summed E-state index contributed by atoms with van der Waals surface area (Å²) in [6.07, 6.45) is 5.98. The van der Waals surface area contributed by atoms with E-state index < -0.39 is 0 Å². The van der Waals surface area contributed by atoms with Crippen LogP contribution in [-0.2, 0) is 4.79 Å². The van der Waals surface area contributed by atoms with Gasteiger partial charge in [0, 0.05) is 22.2 Å². The van der Waals surface area contributed by atoms with Gasteiger partial charge in [0.2, 0.25) is 5.91 Å². The first-order chi connectivity index (χ1) is 11.7. The smallest absolute Gasteiger partial charge is 0.270 e. The Morgan fingerprint density at radius 2 is 1.83 bits per heavy atom. The van der Waals surface area contributed by atoms with Crippen LogP contribution in [0.3, 0.4) is 0 Å². The average Bonchev–Trinajstić information content (AvgIpc) is 3.27. The molecule has 0 unspecified atom stereocenters. The number of hydrogen-bond acceptors (Lipinski definition) is 5. The average molecular weight is 339 g/mol. The molecule has 3 rings (SSSR count). The van der Waals surface area contributed by atoms with Gasteiger partial charge in [-0.3, -0.25) is 15.0 Å². The minimum atomic E-state index is -0.301. The summed E-state index contributed by atoms with van der Waals surface area (Å²) in [5, 5.41) is 11.9. The van der Waals surface area contributed by atoms with Crippen LogP contribution in [0.1, 0.15) is 15.2 Å². The zero-order valence-corrected chi connectivity index (χ0v) is 13.2. The molecule has 1 aromatic carbocycles. The van der Waals surface area contributed by atoms with Crippen LogP contribution >= 0.6 is 11.3 Å². The molecule has 0 spiro atoms. The Morgan fingerprint density at radius 1 is 1.08 bits per heavy atom. The van der Waals surface area contributed by atoms with E-state index in [0.717, 1.165) is 4.88 Å². The highest BCUT2D eigenvalue weighted by Gasteiger charge is 2.06. The van der Waals surface area contributed by atoms with Gasteiger partial charge in [0.15, 0.2) is 0 Å². The molecular weight excluding hydrogens is 326 g/mol. The predicted molar refractivity (Wildman–Crippen MR) is 92.1 cm³/mol. The molecule has 0 bridgehead atoms. The normalized spacial score (nSPS) is 10.7. The van der Waals surface area contributed by atoms with E-state index in [-0.39, 0.29) is 11.8 Å². The number of carbonyl (C=O) groups excluding carboxylic acids is 2. The van der Waals surface area contributed by atoms with Crippen molar-refractivity contribution in [2.75, 3.05) is 10.7 Å². The van der Waals surface area contributed by atoms with E-state index in [2.05, 4.69) is 20.9 Å². The molecule has 8 heteroatoms. The van der Waals surface area contributed by atoms with Gasteiger partial charge in [-0.25, -0.2) is 4.68 Å². The summed E-state index contributed by atoms with van der Waals surface area (Å²) in [6.45, 7) is 0. The number of hydrogen-bond donors (Lipinski definition) is 2. The molecule has 0 aliphatic heterocycles. The summed E-state index contributed by atoms with van der Waals surface area (Å²) in [5.74, 6) is -0.532. The molecule has 0 aliphatic rings. The molecule has 2 aromatic heterocycles. The van der Waals surface area contributed by atoms with Crippen molar-refractivity contribution in [2.45, 2.75) is 0 Å². The van der Waals surface area contributed by atoms with E-state index in [4.69, 9.17) is 0 Å². The van der Waals surface area contributed by atoms with Gasteiger partial charge < -0.3 is 5.32 Å². The monoisotopic (exact) mass is 339 g/mol. The van der Waals surface area contributed by atoms with E-state index in [9.17, 15) is 9.59 Å². The van der Waals surface area contributed by atoms with Gasteiger partial charge in [-0.05, 0) is 41.8 Å². The first kappa shape index (κ1) is 15.6. The van der Waals surface area contributed by atoms with Crippen LogP contribution in [0.5, 0.6) is 0 Å². The second kappa shape index (κ2) is 7.34. The van der Waals surface area contributed by atoms with Crippen molar-refractivity contribution >= 4 is 34.9 Å². The summed E-state index contributed by atoms with van der Waals surface area (Å²) in [5.41, 5.74) is 3.65. The number of benzene rings is 1. The SMILES string of the molecule is O=C(/C=C/c1cccs1)Nc1ccc(C(=O)Nn2cnnc2)cc1. The fraction of sp³-hybridized carbons (Fsp3) is 0. The highest BCUT2D eigenvalue weighted by Crippen LogP contribution is 2.12. The number of anilines is 1. The van der Waals surface area contributed by atoms with E-state index >= 15 is 0 Å². The standard InChI is InChI=1S/C16H13N5O2S/c22-15(8-7-14-2-1-9-24-14)19-13-5-3-12(4-6-13)16(23)20-21-10-17-18-11-21/h1-11H,(H,19,22)(H,20,23)/b8-7+. The number of nitrogens with zero attached hydrogens (tertiary/aromatic N) is 3. The molecule has 0 atom stereocenters. The van der Waals surface area contributed by atoms with E-state index in [0.29, 0.717) is 11.3 Å². The van der Waals surface area contributed by atoms with Crippen molar-refractivity contribution in [3.05, 3.63) is 70.9 Å². The third-order valence-corrected chi connectivity index (χ3v) is 3.84. The van der Waals surface area contributed by atoms with Gasteiger partial charge in [0.25, 0.3) is 5.91 Å². The molecule has 24 heavy (non-hydrogen) atoms. The van der Waals surface area contributed by atoms with Crippen LogP contribution in [0, 0.1) is 0 Å². The second-order valence-corrected chi connectivity index (χ2v) is 5.70. The van der Waals surface area contributed by atoms with Gasteiger partial charge in [-0.1, -0.05) is 6.07 Å². The topological polar surface area (TPSA) is 88.9 Å². The van der Waals surface area contributed by atoms with E-state index in [1.165, 1.54) is 23.4 Å². The third-order valence-electron chi connectivity index (χ3n) is 3.01. The largest absolute Gasteiger partial charge is 0.323 e. The maximum absolute atomic E-state index is 12.0. The Morgan fingerprint density at radius 3 is 2.50 bits per heavy atom. The molecule has 0 aliphatic carbocycles. The van der Waals surface area contributed by atoms with Crippen molar-refractivity contribution in [3.8, 4) is 0 Å². The Balaban J connectivity index is 1.58. The van der Waals surface area contributed by atoms with Crippen LogP contribution in [-0.4, -0.2) is 26.7 Å². The fourth-order valence-corrected chi connectivity index (χ4v) is 2.49. The van der Waals surface area contributed by atoms with Gasteiger partial charge >= 0.3 is 0 Å². The lowest BCUT2D eigenvalue weighted by Gasteiger charge is -2.06. The number of thiophene rings is 1. The van der Waals surface area contributed by atoms with Crippen molar-refractivity contribution in [1.29, 1.82) is 0 Å². The minimum absolute atomic E-state index is 0.231. The van der Waals surface area contributed by atoms with Crippen LogP contribution in [0.2, 0.25) is 0 Å².